The van der Waals surface area contributed by atoms with Crippen LogP contribution in [-0.2, 0) is 6.42 Å². The van der Waals surface area contributed by atoms with Gasteiger partial charge < -0.3 is 15.1 Å². The molecule has 1 aliphatic carbocycles. The zero-order valence-corrected chi connectivity index (χ0v) is 15.8. The highest BCUT2D eigenvalue weighted by atomic mass is 16.3. The number of aromatic amines is 1. The lowest BCUT2D eigenvalue weighted by Crippen LogP contribution is -2.39. The highest BCUT2D eigenvalue weighted by molar-refractivity contribution is 5.79. The standard InChI is InChI=1S/C19H30N6O/c1-3-19(10-5-6-11-19)14-22-18(20-4-2)21-12-9-16-23-17(25-24-16)15-8-7-13-26-15/h7-8,13H,3-6,9-12,14H2,1-2H3,(H2,20,21,22)(H,23,24,25). The minimum atomic E-state index is 0.408. The molecular weight excluding hydrogens is 328 g/mol. The molecule has 1 aliphatic rings. The molecule has 0 atom stereocenters. The van der Waals surface area contributed by atoms with Gasteiger partial charge >= 0.3 is 0 Å². The first kappa shape index (κ1) is 18.5. The van der Waals surface area contributed by atoms with E-state index in [0.717, 1.165) is 37.8 Å². The predicted octanol–water partition coefficient (Wildman–Crippen LogP) is 3.13. The maximum absolute atomic E-state index is 5.32. The van der Waals surface area contributed by atoms with Crippen LogP contribution < -0.4 is 10.6 Å². The number of hydrogen-bond acceptors (Lipinski definition) is 4. The molecule has 1 saturated carbocycles. The molecule has 26 heavy (non-hydrogen) atoms. The third-order valence-corrected chi connectivity index (χ3v) is 5.26. The van der Waals surface area contributed by atoms with Crippen molar-refractivity contribution in [2.75, 3.05) is 19.6 Å². The van der Waals surface area contributed by atoms with Gasteiger partial charge in [-0.15, -0.1) is 0 Å². The molecule has 0 amide bonds. The van der Waals surface area contributed by atoms with E-state index in [1.54, 1.807) is 6.26 Å². The van der Waals surface area contributed by atoms with E-state index in [2.05, 4.69) is 39.7 Å². The fraction of sp³-hybridized carbons (Fsp3) is 0.632. The number of nitrogens with one attached hydrogen (secondary N) is 3. The molecule has 0 unspecified atom stereocenters. The third-order valence-electron chi connectivity index (χ3n) is 5.26. The molecule has 0 aliphatic heterocycles. The molecule has 7 heteroatoms. The van der Waals surface area contributed by atoms with Gasteiger partial charge in [0.2, 0.25) is 5.82 Å². The van der Waals surface area contributed by atoms with Crippen LogP contribution in [0, 0.1) is 5.41 Å². The Balaban J connectivity index is 1.51. The van der Waals surface area contributed by atoms with Gasteiger partial charge in [0.1, 0.15) is 5.82 Å². The van der Waals surface area contributed by atoms with E-state index in [1.165, 1.54) is 32.1 Å². The van der Waals surface area contributed by atoms with Crippen molar-refractivity contribution in [3.8, 4) is 11.6 Å². The molecule has 0 saturated heterocycles. The number of guanidine groups is 1. The second-order valence-corrected chi connectivity index (χ2v) is 7.02. The van der Waals surface area contributed by atoms with Crippen LogP contribution in [0.4, 0.5) is 0 Å². The van der Waals surface area contributed by atoms with Gasteiger partial charge in [-0.3, -0.25) is 10.1 Å². The summed E-state index contributed by atoms with van der Waals surface area (Å²) in [4.78, 5) is 9.32. The van der Waals surface area contributed by atoms with E-state index in [9.17, 15) is 0 Å². The van der Waals surface area contributed by atoms with Crippen molar-refractivity contribution in [2.45, 2.75) is 52.4 Å². The molecule has 1 fully saturated rings. The summed E-state index contributed by atoms with van der Waals surface area (Å²) in [7, 11) is 0. The fourth-order valence-electron chi connectivity index (χ4n) is 3.56. The first-order valence-corrected chi connectivity index (χ1v) is 9.72. The van der Waals surface area contributed by atoms with Crippen molar-refractivity contribution in [2.24, 2.45) is 10.4 Å². The number of aliphatic imine (C=N–C) groups is 1. The average molecular weight is 358 g/mol. The quantitative estimate of drug-likeness (QED) is 0.498. The van der Waals surface area contributed by atoms with Gasteiger partial charge in [0.25, 0.3) is 0 Å². The topological polar surface area (TPSA) is 91.1 Å². The molecule has 0 bridgehead atoms. The molecule has 3 N–H and O–H groups in total. The maximum atomic E-state index is 5.32. The maximum Gasteiger partial charge on any atom is 0.216 e. The average Bonchev–Trinajstić information content (AvgIpc) is 3.40. The van der Waals surface area contributed by atoms with Crippen LogP contribution in [0.25, 0.3) is 11.6 Å². The Hall–Kier alpha value is -2.31. The van der Waals surface area contributed by atoms with Gasteiger partial charge in [0.05, 0.1) is 6.26 Å². The summed E-state index contributed by atoms with van der Waals surface area (Å²) in [5, 5.41) is 13.9. The highest BCUT2D eigenvalue weighted by Gasteiger charge is 2.31. The molecule has 142 valence electrons. The lowest BCUT2D eigenvalue weighted by Gasteiger charge is -2.25. The number of furan rings is 1. The summed E-state index contributed by atoms with van der Waals surface area (Å²) < 4.78 is 5.32. The molecule has 0 spiro atoms. The van der Waals surface area contributed by atoms with Gasteiger partial charge in [-0.2, -0.15) is 5.10 Å². The largest absolute Gasteiger partial charge is 0.461 e. The van der Waals surface area contributed by atoms with Gasteiger partial charge in [0, 0.05) is 26.1 Å². The number of rotatable bonds is 8. The van der Waals surface area contributed by atoms with Gasteiger partial charge in [-0.05, 0) is 43.7 Å². The van der Waals surface area contributed by atoms with Gasteiger partial charge in [-0.1, -0.05) is 19.8 Å². The molecule has 2 aromatic rings. The van der Waals surface area contributed by atoms with Crippen LogP contribution in [0.1, 0.15) is 51.8 Å². The molecule has 2 heterocycles. The van der Waals surface area contributed by atoms with E-state index in [1.807, 2.05) is 12.1 Å². The predicted molar refractivity (Wildman–Crippen MR) is 103 cm³/mol. The number of hydrogen-bond donors (Lipinski definition) is 3. The first-order valence-electron chi connectivity index (χ1n) is 9.72. The van der Waals surface area contributed by atoms with Gasteiger partial charge in [0.15, 0.2) is 11.7 Å². The van der Waals surface area contributed by atoms with E-state index in [-0.39, 0.29) is 0 Å². The zero-order chi connectivity index (χ0) is 18.2. The number of H-pyrrole nitrogens is 1. The second-order valence-electron chi connectivity index (χ2n) is 7.02. The van der Waals surface area contributed by atoms with E-state index in [0.29, 0.717) is 17.0 Å². The Morgan fingerprint density at radius 2 is 2.15 bits per heavy atom. The molecule has 0 aromatic carbocycles. The second kappa shape index (κ2) is 8.87. The van der Waals surface area contributed by atoms with Crippen molar-refractivity contribution in [1.29, 1.82) is 0 Å². The van der Waals surface area contributed by atoms with Gasteiger partial charge in [-0.25, -0.2) is 4.98 Å². The van der Waals surface area contributed by atoms with E-state index in [4.69, 9.17) is 9.41 Å². The van der Waals surface area contributed by atoms with Crippen LogP contribution >= 0.6 is 0 Å². The summed E-state index contributed by atoms with van der Waals surface area (Å²) in [6.07, 6.45) is 8.88. The van der Waals surface area contributed by atoms with Crippen LogP contribution in [0.5, 0.6) is 0 Å². The Bertz CT molecular complexity index is 685. The Labute approximate surface area is 155 Å². The Morgan fingerprint density at radius 3 is 2.85 bits per heavy atom. The minimum absolute atomic E-state index is 0.408. The van der Waals surface area contributed by atoms with Crippen LogP contribution in [0.2, 0.25) is 0 Å². The summed E-state index contributed by atoms with van der Waals surface area (Å²) in [6, 6.07) is 3.69. The molecule has 7 nitrogen and oxygen atoms in total. The molecule has 0 radical (unpaired) electrons. The van der Waals surface area contributed by atoms with Crippen molar-refractivity contribution in [3.63, 3.8) is 0 Å². The van der Waals surface area contributed by atoms with Crippen LogP contribution in [0.15, 0.2) is 27.8 Å². The number of aromatic nitrogens is 3. The molecule has 3 rings (SSSR count). The Kier molecular flexibility index (Phi) is 6.30. The van der Waals surface area contributed by atoms with Crippen LogP contribution in [-0.4, -0.2) is 40.8 Å². The van der Waals surface area contributed by atoms with Crippen molar-refractivity contribution < 1.29 is 4.42 Å². The Morgan fingerprint density at radius 1 is 1.31 bits per heavy atom. The summed E-state index contributed by atoms with van der Waals surface area (Å²) in [5.41, 5.74) is 0.408. The number of nitrogens with zero attached hydrogens (tertiary/aromatic N) is 3. The zero-order valence-electron chi connectivity index (χ0n) is 15.8. The minimum Gasteiger partial charge on any atom is -0.461 e. The highest BCUT2D eigenvalue weighted by Crippen LogP contribution is 2.41. The lowest BCUT2D eigenvalue weighted by atomic mass is 9.84. The summed E-state index contributed by atoms with van der Waals surface area (Å²) in [5.74, 6) is 2.99. The smallest absolute Gasteiger partial charge is 0.216 e. The summed E-state index contributed by atoms with van der Waals surface area (Å²) in [6.45, 7) is 6.90. The SMILES string of the molecule is CCNC(=NCC1(CC)CCCC1)NCCc1nc(-c2ccco2)n[nH]1. The first-order chi connectivity index (χ1) is 12.7. The van der Waals surface area contributed by atoms with Crippen LogP contribution in [0.3, 0.4) is 0 Å². The summed E-state index contributed by atoms with van der Waals surface area (Å²) >= 11 is 0. The van der Waals surface area contributed by atoms with Crippen molar-refractivity contribution in [1.82, 2.24) is 25.8 Å². The molecule has 2 aromatic heterocycles. The third kappa shape index (κ3) is 4.65. The lowest BCUT2D eigenvalue weighted by molar-refractivity contribution is 0.297. The van der Waals surface area contributed by atoms with Crippen molar-refractivity contribution >= 4 is 5.96 Å². The fourth-order valence-corrected chi connectivity index (χ4v) is 3.56. The van der Waals surface area contributed by atoms with E-state index >= 15 is 0 Å². The molecular formula is C19H30N6O. The monoisotopic (exact) mass is 358 g/mol. The van der Waals surface area contributed by atoms with Crippen molar-refractivity contribution in [3.05, 3.63) is 24.2 Å². The normalized spacial score (nSPS) is 16.8. The van der Waals surface area contributed by atoms with E-state index < -0.39 is 0 Å².